The Bertz CT molecular complexity index is 2590. The van der Waals surface area contributed by atoms with E-state index in [1.54, 1.807) is 0 Å². The topological polar surface area (TPSA) is 9.86 Å². The largest absolute Gasteiger partial charge is 0.295 e. The Morgan fingerprint density at radius 2 is 1.19 bits per heavy atom. The van der Waals surface area contributed by atoms with Crippen LogP contribution in [0.15, 0.2) is 155 Å². The minimum absolute atomic E-state index is 1.17. The van der Waals surface area contributed by atoms with Crippen molar-refractivity contribution in [3.8, 4) is 22.5 Å². The van der Waals surface area contributed by atoms with Crippen molar-refractivity contribution >= 4 is 66.1 Å². The van der Waals surface area contributed by atoms with Crippen molar-refractivity contribution in [1.29, 1.82) is 0 Å². The minimum Gasteiger partial charge on any atom is -0.295 e. The van der Waals surface area contributed by atoms with E-state index >= 15 is 0 Å². The van der Waals surface area contributed by atoms with Gasteiger partial charge < -0.3 is 0 Å². The molecule has 43 heavy (non-hydrogen) atoms. The second-order valence-electron chi connectivity index (χ2n) is 11.3. The third-order valence-corrected chi connectivity index (χ3v) is 10.2. The van der Waals surface area contributed by atoms with E-state index in [9.17, 15) is 0 Å². The average molecular weight is 565 g/mol. The van der Waals surface area contributed by atoms with Crippen LogP contribution in [0.25, 0.3) is 76.9 Å². The molecule has 0 radical (unpaired) electrons. The smallest absolute Gasteiger partial charge is 0.131 e. The van der Waals surface area contributed by atoms with Gasteiger partial charge in [-0.1, -0.05) is 121 Å². The lowest BCUT2D eigenvalue weighted by atomic mass is 9.99. The van der Waals surface area contributed by atoms with E-state index in [0.717, 1.165) is 0 Å². The first-order valence-electron chi connectivity index (χ1n) is 14.7. The van der Waals surface area contributed by atoms with Crippen molar-refractivity contribution in [2.24, 2.45) is 0 Å². The summed E-state index contributed by atoms with van der Waals surface area (Å²) in [5, 5.41) is 8.98. The molecule has 0 fully saturated rings. The van der Waals surface area contributed by atoms with Crippen LogP contribution in [0.3, 0.4) is 0 Å². The van der Waals surface area contributed by atoms with E-state index in [0.29, 0.717) is 0 Å². The molecule has 0 atom stereocenters. The number of hydrogen-bond acceptors (Lipinski definition) is 1. The fourth-order valence-corrected chi connectivity index (χ4v) is 8.36. The first-order valence-corrected chi connectivity index (χ1v) is 15.5. The van der Waals surface area contributed by atoms with Gasteiger partial charge in [0.1, 0.15) is 5.65 Å². The molecule has 0 saturated heterocycles. The van der Waals surface area contributed by atoms with Gasteiger partial charge in [0, 0.05) is 31.6 Å². The summed E-state index contributed by atoms with van der Waals surface area (Å²) in [4.78, 5) is 2.58. The van der Waals surface area contributed by atoms with Gasteiger partial charge in [-0.05, 0) is 69.1 Å². The molecule has 200 valence electrons. The van der Waals surface area contributed by atoms with E-state index in [2.05, 4.69) is 155 Å². The van der Waals surface area contributed by atoms with Crippen molar-refractivity contribution in [3.63, 3.8) is 0 Å². The Morgan fingerprint density at radius 3 is 2.12 bits per heavy atom. The lowest BCUT2D eigenvalue weighted by molar-refractivity contribution is 1.03. The third kappa shape index (κ3) is 3.15. The van der Waals surface area contributed by atoms with Crippen LogP contribution >= 0.6 is 11.8 Å². The summed E-state index contributed by atoms with van der Waals surface area (Å²) in [6.07, 6.45) is 0. The third-order valence-electron chi connectivity index (χ3n) is 9.07. The summed E-state index contributed by atoms with van der Waals surface area (Å²) in [6.45, 7) is 0. The summed E-state index contributed by atoms with van der Waals surface area (Å²) < 4.78 is 5.03. The van der Waals surface area contributed by atoms with Gasteiger partial charge in [-0.15, -0.1) is 0 Å². The van der Waals surface area contributed by atoms with Crippen molar-refractivity contribution in [1.82, 2.24) is 9.13 Å². The van der Waals surface area contributed by atoms with E-state index < -0.39 is 0 Å². The van der Waals surface area contributed by atoms with Crippen molar-refractivity contribution in [2.45, 2.75) is 9.79 Å². The molecular formula is C40H24N2S. The quantitative estimate of drug-likeness (QED) is 0.190. The molecule has 9 aromatic rings. The number of nitrogens with zero attached hydrogens (tertiary/aromatic N) is 2. The Kier molecular flexibility index (Phi) is 4.68. The summed E-state index contributed by atoms with van der Waals surface area (Å²) in [7, 11) is 0. The molecule has 1 aliphatic rings. The monoisotopic (exact) mass is 564 g/mol. The Balaban J connectivity index is 1.44. The summed E-state index contributed by atoms with van der Waals surface area (Å²) in [5.41, 5.74) is 8.64. The molecule has 0 bridgehead atoms. The van der Waals surface area contributed by atoms with E-state index in [-0.39, 0.29) is 0 Å². The molecule has 10 rings (SSSR count). The van der Waals surface area contributed by atoms with E-state index in [1.165, 1.54) is 86.7 Å². The molecule has 0 N–H and O–H groups in total. The van der Waals surface area contributed by atoms with Gasteiger partial charge in [-0.3, -0.25) is 9.13 Å². The number of hydrogen-bond donors (Lipinski definition) is 0. The van der Waals surface area contributed by atoms with Gasteiger partial charge in [0.05, 0.1) is 16.7 Å². The van der Waals surface area contributed by atoms with Gasteiger partial charge in [0.15, 0.2) is 0 Å². The van der Waals surface area contributed by atoms with Crippen molar-refractivity contribution in [3.05, 3.63) is 146 Å². The highest BCUT2D eigenvalue weighted by atomic mass is 32.2. The molecule has 3 heterocycles. The summed E-state index contributed by atoms with van der Waals surface area (Å²) in [6, 6.07) is 53.4. The number of aromatic nitrogens is 2. The molecular weight excluding hydrogens is 541 g/mol. The highest BCUT2D eigenvalue weighted by molar-refractivity contribution is 7.99. The van der Waals surface area contributed by atoms with Crippen LogP contribution in [0.4, 0.5) is 0 Å². The highest BCUT2D eigenvalue weighted by Crippen LogP contribution is 2.50. The first-order chi connectivity index (χ1) is 21.3. The van der Waals surface area contributed by atoms with Crippen LogP contribution in [-0.4, -0.2) is 9.13 Å². The molecule has 0 amide bonds. The van der Waals surface area contributed by atoms with Crippen LogP contribution in [-0.2, 0) is 0 Å². The van der Waals surface area contributed by atoms with Gasteiger partial charge in [-0.25, -0.2) is 0 Å². The van der Waals surface area contributed by atoms with Crippen LogP contribution in [0.1, 0.15) is 0 Å². The normalized spacial score (nSPS) is 12.6. The second-order valence-corrected chi connectivity index (χ2v) is 12.4. The maximum atomic E-state index is 2.52. The zero-order valence-corrected chi connectivity index (χ0v) is 24.0. The van der Waals surface area contributed by atoms with Gasteiger partial charge >= 0.3 is 0 Å². The highest BCUT2D eigenvalue weighted by Gasteiger charge is 2.28. The SMILES string of the molecule is c1ccc(-c2cccc3c2c2c4cccc5c4n(c2n3-c2ccc3ccc4ccccc4c3c2)-c2ccccc2S5)cc1. The number of fused-ring (bicyclic) bond motifs is 10. The minimum atomic E-state index is 1.17. The zero-order valence-electron chi connectivity index (χ0n) is 23.2. The van der Waals surface area contributed by atoms with Crippen LogP contribution in [0.2, 0.25) is 0 Å². The Hall–Kier alpha value is -5.25. The van der Waals surface area contributed by atoms with Crippen LogP contribution in [0.5, 0.6) is 0 Å². The van der Waals surface area contributed by atoms with E-state index in [1.807, 2.05) is 11.8 Å². The zero-order chi connectivity index (χ0) is 28.1. The second kappa shape index (κ2) is 8.64. The number of benzene rings is 7. The molecule has 2 nitrogen and oxygen atoms in total. The molecule has 2 aromatic heterocycles. The predicted molar refractivity (Wildman–Crippen MR) is 182 cm³/mol. The maximum absolute atomic E-state index is 2.52. The van der Waals surface area contributed by atoms with Crippen molar-refractivity contribution < 1.29 is 0 Å². The lowest BCUT2D eigenvalue weighted by Crippen LogP contribution is -2.05. The molecule has 0 unspecified atom stereocenters. The number of rotatable bonds is 2. The summed E-state index contributed by atoms with van der Waals surface area (Å²) >= 11 is 1.87. The molecule has 3 heteroatoms. The predicted octanol–water partition coefficient (Wildman–Crippen LogP) is 11.2. The molecule has 0 saturated carbocycles. The molecule has 7 aromatic carbocycles. The van der Waals surface area contributed by atoms with Crippen molar-refractivity contribution in [2.75, 3.05) is 0 Å². The molecule has 0 aliphatic carbocycles. The standard InChI is InChI=1S/C40H24N2S/c1-2-10-25(11-3-1)30-14-8-17-34-37(30)38-31-15-9-19-36-39(31)42(33-16-6-7-18-35(33)43-36)40(38)41(34)28-23-22-27-21-20-26-12-4-5-13-29(26)32(27)24-28/h1-24H. The molecule has 0 spiro atoms. The summed E-state index contributed by atoms with van der Waals surface area (Å²) in [5.74, 6) is 0. The lowest BCUT2D eigenvalue weighted by Gasteiger charge is -2.21. The maximum Gasteiger partial charge on any atom is 0.131 e. The molecule has 1 aliphatic heterocycles. The van der Waals surface area contributed by atoms with Crippen LogP contribution in [0, 0.1) is 0 Å². The van der Waals surface area contributed by atoms with Gasteiger partial charge in [0.25, 0.3) is 0 Å². The number of para-hydroxylation sites is 2. The van der Waals surface area contributed by atoms with E-state index in [4.69, 9.17) is 0 Å². The Morgan fingerprint density at radius 1 is 0.465 bits per heavy atom. The fraction of sp³-hybridized carbons (Fsp3) is 0. The Labute approximate surface area is 252 Å². The average Bonchev–Trinajstić information content (AvgIpc) is 3.59. The van der Waals surface area contributed by atoms with Gasteiger partial charge in [0.2, 0.25) is 0 Å². The first kappa shape index (κ1) is 23.3. The fourth-order valence-electron chi connectivity index (χ4n) is 7.27. The van der Waals surface area contributed by atoms with Crippen LogP contribution < -0.4 is 0 Å². The van der Waals surface area contributed by atoms with Gasteiger partial charge in [-0.2, -0.15) is 0 Å².